The second-order valence-corrected chi connectivity index (χ2v) is 5.93. The summed E-state index contributed by atoms with van der Waals surface area (Å²) in [5.41, 5.74) is 1.16. The molecule has 1 aromatic heterocycles. The summed E-state index contributed by atoms with van der Waals surface area (Å²) in [5, 5.41) is 7.10. The molecule has 0 aromatic carbocycles. The Morgan fingerprint density at radius 1 is 1.38 bits per heavy atom. The minimum Gasteiger partial charge on any atom is -0.303 e. The van der Waals surface area contributed by atoms with Crippen LogP contribution in [0.25, 0.3) is 0 Å². The highest BCUT2D eigenvalue weighted by Gasteiger charge is 2.36. The van der Waals surface area contributed by atoms with Crippen molar-refractivity contribution in [2.75, 3.05) is 0 Å². The first kappa shape index (κ1) is 13.7. The van der Waals surface area contributed by atoms with Crippen molar-refractivity contribution in [2.45, 2.75) is 59.5 Å². The Kier molecular flexibility index (Phi) is 4.51. The van der Waals surface area contributed by atoms with Crippen LogP contribution in [-0.2, 0) is 5.54 Å². The molecule has 0 fully saturated rings. The van der Waals surface area contributed by atoms with Crippen LogP contribution < -0.4 is 5.32 Å². The lowest BCUT2D eigenvalue weighted by Crippen LogP contribution is -2.49. The van der Waals surface area contributed by atoms with E-state index in [0.717, 1.165) is 12.1 Å². The van der Waals surface area contributed by atoms with Gasteiger partial charge < -0.3 is 5.32 Å². The molecule has 1 heterocycles. The third-order valence-corrected chi connectivity index (χ3v) is 4.23. The van der Waals surface area contributed by atoms with Gasteiger partial charge in [-0.2, -0.15) is 0 Å². The van der Waals surface area contributed by atoms with Crippen LogP contribution in [0.1, 0.15) is 51.7 Å². The van der Waals surface area contributed by atoms with Gasteiger partial charge in [-0.3, -0.25) is 0 Å². The standard InChI is InChI=1S/C13H24N2S/c1-7-13(9(2)3,15-10(4)5)12-14-11(6)8-16-12/h8-10,15H,7H2,1-6H3. The molecule has 0 amide bonds. The summed E-state index contributed by atoms with van der Waals surface area (Å²) in [6.07, 6.45) is 1.08. The number of nitrogens with zero attached hydrogens (tertiary/aromatic N) is 1. The van der Waals surface area contributed by atoms with Gasteiger partial charge in [-0.1, -0.05) is 20.8 Å². The summed E-state index contributed by atoms with van der Waals surface area (Å²) in [6.45, 7) is 13.3. The summed E-state index contributed by atoms with van der Waals surface area (Å²) in [6, 6.07) is 0.478. The maximum atomic E-state index is 4.68. The third kappa shape index (κ3) is 2.64. The predicted octanol–water partition coefficient (Wildman–Crippen LogP) is 3.71. The van der Waals surface area contributed by atoms with Crippen LogP contribution in [0.3, 0.4) is 0 Å². The third-order valence-electron chi connectivity index (χ3n) is 3.09. The zero-order chi connectivity index (χ0) is 12.3. The highest BCUT2D eigenvalue weighted by Crippen LogP contribution is 2.35. The van der Waals surface area contributed by atoms with Crippen LogP contribution in [-0.4, -0.2) is 11.0 Å². The predicted molar refractivity (Wildman–Crippen MR) is 71.9 cm³/mol. The van der Waals surface area contributed by atoms with E-state index in [1.165, 1.54) is 5.01 Å². The SMILES string of the molecule is CCC(NC(C)C)(c1nc(C)cs1)C(C)C. The zero-order valence-corrected chi connectivity index (χ0v) is 12.1. The van der Waals surface area contributed by atoms with Crippen molar-refractivity contribution in [2.24, 2.45) is 5.92 Å². The molecule has 0 saturated carbocycles. The van der Waals surface area contributed by atoms with Gasteiger partial charge >= 0.3 is 0 Å². The van der Waals surface area contributed by atoms with Crippen LogP contribution in [0.15, 0.2) is 5.38 Å². The second-order valence-electron chi connectivity index (χ2n) is 5.07. The number of nitrogens with one attached hydrogen (secondary N) is 1. The first-order valence-corrected chi connectivity index (χ1v) is 7.00. The van der Waals surface area contributed by atoms with E-state index in [0.29, 0.717) is 12.0 Å². The molecule has 1 unspecified atom stereocenters. The second kappa shape index (κ2) is 5.28. The molecule has 0 aliphatic carbocycles. The smallest absolute Gasteiger partial charge is 0.113 e. The number of rotatable bonds is 5. The normalized spacial score (nSPS) is 15.8. The number of aryl methyl sites for hydroxylation is 1. The van der Waals surface area contributed by atoms with Crippen molar-refractivity contribution in [1.29, 1.82) is 0 Å². The van der Waals surface area contributed by atoms with Crippen molar-refractivity contribution in [3.8, 4) is 0 Å². The van der Waals surface area contributed by atoms with Gasteiger partial charge in [-0.15, -0.1) is 11.3 Å². The average molecular weight is 240 g/mol. The summed E-state index contributed by atoms with van der Waals surface area (Å²) in [7, 11) is 0. The fourth-order valence-corrected chi connectivity index (χ4v) is 3.39. The molecule has 0 aliphatic heterocycles. The van der Waals surface area contributed by atoms with Gasteiger partial charge in [0.25, 0.3) is 0 Å². The molecule has 16 heavy (non-hydrogen) atoms. The molecule has 0 radical (unpaired) electrons. The number of thiazole rings is 1. The first-order valence-electron chi connectivity index (χ1n) is 6.12. The van der Waals surface area contributed by atoms with Gasteiger partial charge in [-0.25, -0.2) is 4.98 Å². The Bertz CT molecular complexity index is 330. The van der Waals surface area contributed by atoms with Gasteiger partial charge in [-0.05, 0) is 33.1 Å². The minimum atomic E-state index is 0.0348. The average Bonchev–Trinajstić information content (AvgIpc) is 2.60. The summed E-state index contributed by atoms with van der Waals surface area (Å²) in [5.74, 6) is 0.547. The molecular formula is C13H24N2S. The maximum absolute atomic E-state index is 4.68. The van der Waals surface area contributed by atoms with Crippen LogP contribution in [0.4, 0.5) is 0 Å². The molecule has 92 valence electrons. The van der Waals surface area contributed by atoms with Crippen molar-refractivity contribution in [1.82, 2.24) is 10.3 Å². The van der Waals surface area contributed by atoms with Crippen molar-refractivity contribution in [3.63, 3.8) is 0 Å². The molecule has 1 rings (SSSR count). The molecule has 1 N–H and O–H groups in total. The fourth-order valence-electron chi connectivity index (χ4n) is 2.21. The molecule has 3 heteroatoms. The van der Waals surface area contributed by atoms with E-state index in [4.69, 9.17) is 0 Å². The number of hydrogen-bond acceptors (Lipinski definition) is 3. The van der Waals surface area contributed by atoms with Gasteiger partial charge in [0, 0.05) is 17.1 Å². The van der Waals surface area contributed by atoms with Crippen molar-refractivity contribution in [3.05, 3.63) is 16.1 Å². The van der Waals surface area contributed by atoms with Gasteiger partial charge in [0.2, 0.25) is 0 Å². The van der Waals surface area contributed by atoms with E-state index in [-0.39, 0.29) is 5.54 Å². The maximum Gasteiger partial charge on any atom is 0.113 e. The van der Waals surface area contributed by atoms with Crippen LogP contribution in [0, 0.1) is 12.8 Å². The molecule has 0 saturated heterocycles. The van der Waals surface area contributed by atoms with Gasteiger partial charge in [0.15, 0.2) is 0 Å². The lowest BCUT2D eigenvalue weighted by Gasteiger charge is -2.38. The molecule has 0 bridgehead atoms. The van der Waals surface area contributed by atoms with Gasteiger partial charge in [0.05, 0.1) is 5.54 Å². The number of hydrogen-bond donors (Lipinski definition) is 1. The van der Waals surface area contributed by atoms with Crippen LogP contribution >= 0.6 is 11.3 Å². The number of aromatic nitrogens is 1. The minimum absolute atomic E-state index is 0.0348. The summed E-state index contributed by atoms with van der Waals surface area (Å²) < 4.78 is 0. The van der Waals surface area contributed by atoms with Crippen molar-refractivity contribution < 1.29 is 0 Å². The first-order chi connectivity index (χ1) is 7.42. The molecule has 1 atom stereocenters. The van der Waals surface area contributed by atoms with Crippen molar-refractivity contribution >= 4 is 11.3 Å². The Balaban J connectivity index is 3.11. The largest absolute Gasteiger partial charge is 0.303 e. The Hall–Kier alpha value is -0.410. The molecule has 0 spiro atoms. The Morgan fingerprint density at radius 3 is 2.31 bits per heavy atom. The van der Waals surface area contributed by atoms with Crippen LogP contribution in [0.2, 0.25) is 0 Å². The molecule has 1 aromatic rings. The molecule has 2 nitrogen and oxygen atoms in total. The van der Waals surface area contributed by atoms with Crippen LogP contribution in [0.5, 0.6) is 0 Å². The van der Waals surface area contributed by atoms with E-state index in [1.807, 2.05) is 0 Å². The molecule has 0 aliphatic rings. The van der Waals surface area contributed by atoms with Gasteiger partial charge in [0.1, 0.15) is 5.01 Å². The van der Waals surface area contributed by atoms with E-state index < -0.39 is 0 Å². The van der Waals surface area contributed by atoms with E-state index in [9.17, 15) is 0 Å². The highest BCUT2D eigenvalue weighted by atomic mass is 32.1. The highest BCUT2D eigenvalue weighted by molar-refractivity contribution is 7.09. The topological polar surface area (TPSA) is 24.9 Å². The summed E-state index contributed by atoms with van der Waals surface area (Å²) in [4.78, 5) is 4.68. The quantitative estimate of drug-likeness (QED) is 0.848. The monoisotopic (exact) mass is 240 g/mol. The summed E-state index contributed by atoms with van der Waals surface area (Å²) >= 11 is 1.78. The zero-order valence-electron chi connectivity index (χ0n) is 11.3. The Morgan fingerprint density at radius 2 is 2.00 bits per heavy atom. The van der Waals surface area contributed by atoms with E-state index in [1.54, 1.807) is 11.3 Å². The van der Waals surface area contributed by atoms with E-state index >= 15 is 0 Å². The lowest BCUT2D eigenvalue weighted by molar-refractivity contribution is 0.210. The lowest BCUT2D eigenvalue weighted by atomic mass is 9.83. The molecular weight excluding hydrogens is 216 g/mol. The Labute approximate surface area is 103 Å². The van der Waals surface area contributed by atoms with E-state index in [2.05, 4.69) is 57.2 Å². The fraction of sp³-hybridized carbons (Fsp3) is 0.769.